The number of piperidine rings is 1. The zero-order valence-electron chi connectivity index (χ0n) is 14.6. The van der Waals surface area contributed by atoms with Crippen LogP contribution < -0.4 is 10.6 Å². The highest BCUT2D eigenvalue weighted by atomic mass is 32.1. The lowest BCUT2D eigenvalue weighted by atomic mass is 9.99. The molecule has 1 amide bonds. The van der Waals surface area contributed by atoms with E-state index in [1.54, 1.807) is 11.3 Å². The molecule has 2 aromatic rings. The van der Waals surface area contributed by atoms with Crippen molar-refractivity contribution in [2.75, 3.05) is 0 Å². The zero-order chi connectivity index (χ0) is 17.2. The molecule has 1 aromatic heterocycles. The summed E-state index contributed by atoms with van der Waals surface area (Å²) in [6, 6.07) is 10.1. The monoisotopic (exact) mass is 355 g/mol. The molecule has 5 heteroatoms. The molecule has 132 valence electrons. The van der Waals surface area contributed by atoms with E-state index in [0.29, 0.717) is 24.5 Å². The molecule has 1 aromatic carbocycles. The van der Waals surface area contributed by atoms with E-state index < -0.39 is 0 Å². The predicted molar refractivity (Wildman–Crippen MR) is 102 cm³/mol. The van der Waals surface area contributed by atoms with Crippen LogP contribution in [-0.2, 0) is 17.6 Å². The number of nitrogens with zero attached hydrogens (tertiary/aromatic N) is 1. The molecule has 2 aliphatic heterocycles. The summed E-state index contributed by atoms with van der Waals surface area (Å²) in [4.78, 5) is 17.0. The number of aromatic nitrogens is 1. The van der Waals surface area contributed by atoms with Crippen molar-refractivity contribution in [1.29, 1.82) is 0 Å². The normalized spacial score (nSPS) is 25.1. The van der Waals surface area contributed by atoms with E-state index in [1.165, 1.54) is 18.4 Å². The molecule has 0 saturated carbocycles. The Labute approximate surface area is 153 Å². The number of hydrogen-bond donors (Lipinski definition) is 2. The maximum absolute atomic E-state index is 12.4. The van der Waals surface area contributed by atoms with Crippen molar-refractivity contribution in [1.82, 2.24) is 15.6 Å². The second-order valence-electron chi connectivity index (χ2n) is 7.24. The minimum atomic E-state index is 0.101. The summed E-state index contributed by atoms with van der Waals surface area (Å²) in [5, 5.41) is 9.83. The van der Waals surface area contributed by atoms with E-state index in [1.807, 2.05) is 5.38 Å². The van der Waals surface area contributed by atoms with Crippen LogP contribution >= 0.6 is 11.3 Å². The number of amides is 1. The van der Waals surface area contributed by atoms with E-state index in [9.17, 15) is 4.79 Å². The van der Waals surface area contributed by atoms with E-state index in [4.69, 9.17) is 0 Å². The Morgan fingerprint density at radius 3 is 2.64 bits per heavy atom. The van der Waals surface area contributed by atoms with Gasteiger partial charge in [-0.1, -0.05) is 31.2 Å². The highest BCUT2D eigenvalue weighted by molar-refractivity contribution is 7.13. The number of carbonyl (C=O) groups is 1. The Morgan fingerprint density at radius 1 is 1.24 bits per heavy atom. The van der Waals surface area contributed by atoms with Crippen molar-refractivity contribution in [3.63, 3.8) is 0 Å². The number of aryl methyl sites for hydroxylation is 1. The molecule has 2 bridgehead atoms. The van der Waals surface area contributed by atoms with Gasteiger partial charge in [0, 0.05) is 29.1 Å². The summed E-state index contributed by atoms with van der Waals surface area (Å²) in [7, 11) is 0. The van der Waals surface area contributed by atoms with Crippen LogP contribution in [0, 0.1) is 0 Å². The fourth-order valence-electron chi connectivity index (χ4n) is 4.02. The molecule has 0 radical (unpaired) electrons. The van der Waals surface area contributed by atoms with Crippen molar-refractivity contribution >= 4 is 17.2 Å². The minimum absolute atomic E-state index is 0.101. The fraction of sp³-hybridized carbons (Fsp3) is 0.500. The van der Waals surface area contributed by atoms with Crippen molar-refractivity contribution in [3.05, 3.63) is 40.9 Å². The van der Waals surface area contributed by atoms with Crippen LogP contribution in [0.25, 0.3) is 10.6 Å². The first-order valence-corrected chi connectivity index (χ1v) is 10.2. The van der Waals surface area contributed by atoms with Crippen LogP contribution in [0.15, 0.2) is 29.6 Å². The summed E-state index contributed by atoms with van der Waals surface area (Å²) < 4.78 is 0. The number of fused-ring (bicyclic) bond motifs is 2. The van der Waals surface area contributed by atoms with Crippen LogP contribution in [0.4, 0.5) is 0 Å². The molecule has 0 spiro atoms. The van der Waals surface area contributed by atoms with Crippen LogP contribution in [0.2, 0.25) is 0 Å². The highest BCUT2D eigenvalue weighted by Crippen LogP contribution is 2.27. The molecule has 4 rings (SSSR count). The number of rotatable bonds is 5. The van der Waals surface area contributed by atoms with Gasteiger partial charge in [-0.2, -0.15) is 0 Å². The summed E-state index contributed by atoms with van der Waals surface area (Å²) in [6.07, 6.45) is 6.06. The molecule has 2 aliphatic rings. The topological polar surface area (TPSA) is 54.0 Å². The third-order valence-corrected chi connectivity index (χ3v) is 6.28. The van der Waals surface area contributed by atoms with Gasteiger partial charge in [0.05, 0.1) is 12.1 Å². The predicted octanol–water partition coefficient (Wildman–Crippen LogP) is 3.31. The average Bonchev–Trinajstić information content (AvgIpc) is 3.21. The van der Waals surface area contributed by atoms with Crippen molar-refractivity contribution in [2.24, 2.45) is 0 Å². The van der Waals surface area contributed by atoms with Crippen molar-refractivity contribution in [3.8, 4) is 10.6 Å². The molecule has 4 nitrogen and oxygen atoms in total. The number of thiazole rings is 1. The van der Waals surface area contributed by atoms with Crippen LogP contribution in [-0.4, -0.2) is 29.0 Å². The molecular weight excluding hydrogens is 330 g/mol. The first-order chi connectivity index (χ1) is 12.2. The second-order valence-corrected chi connectivity index (χ2v) is 8.10. The Kier molecular flexibility index (Phi) is 4.86. The highest BCUT2D eigenvalue weighted by Gasteiger charge is 2.33. The van der Waals surface area contributed by atoms with Gasteiger partial charge in [0.1, 0.15) is 5.01 Å². The number of nitrogens with one attached hydrogen (secondary N) is 2. The maximum Gasteiger partial charge on any atom is 0.226 e. The summed E-state index contributed by atoms with van der Waals surface area (Å²) in [5.74, 6) is 0.101. The molecule has 25 heavy (non-hydrogen) atoms. The Bertz CT molecular complexity index is 728. The number of carbonyl (C=O) groups excluding carboxylic acids is 1. The molecule has 3 heterocycles. The maximum atomic E-state index is 12.4. The van der Waals surface area contributed by atoms with Crippen LogP contribution in [0.5, 0.6) is 0 Å². The molecule has 2 saturated heterocycles. The molecular formula is C20H25N3OS. The SMILES string of the molecule is CCc1ccc(-c2nc(CC(=O)NC3CC4CCC(C3)N4)cs2)cc1. The van der Waals surface area contributed by atoms with Gasteiger partial charge in [-0.15, -0.1) is 11.3 Å². The van der Waals surface area contributed by atoms with Crippen molar-refractivity contribution in [2.45, 2.75) is 63.6 Å². The largest absolute Gasteiger partial charge is 0.353 e. The lowest BCUT2D eigenvalue weighted by Crippen LogP contribution is -2.48. The van der Waals surface area contributed by atoms with Gasteiger partial charge in [-0.05, 0) is 37.7 Å². The van der Waals surface area contributed by atoms with E-state index >= 15 is 0 Å². The van der Waals surface area contributed by atoms with Gasteiger partial charge in [0.15, 0.2) is 0 Å². The van der Waals surface area contributed by atoms with E-state index in [-0.39, 0.29) is 5.91 Å². The molecule has 2 atom stereocenters. The van der Waals surface area contributed by atoms with Gasteiger partial charge < -0.3 is 10.6 Å². The Morgan fingerprint density at radius 2 is 1.96 bits per heavy atom. The molecule has 2 fully saturated rings. The zero-order valence-corrected chi connectivity index (χ0v) is 15.4. The van der Waals surface area contributed by atoms with E-state index in [2.05, 4.69) is 46.8 Å². The fourth-order valence-corrected chi connectivity index (χ4v) is 4.85. The Hall–Kier alpha value is -1.72. The van der Waals surface area contributed by atoms with Gasteiger partial charge >= 0.3 is 0 Å². The lowest BCUT2D eigenvalue weighted by Gasteiger charge is -2.29. The number of benzene rings is 1. The first kappa shape index (κ1) is 16.7. The number of hydrogen-bond acceptors (Lipinski definition) is 4. The standard InChI is InChI=1S/C20H25N3OS/c1-2-13-3-5-14(6-4-13)20-23-18(12-25-20)11-19(24)22-17-9-15-7-8-16(10-17)21-15/h3-6,12,15-17,21H,2,7-11H2,1H3,(H,22,24). The van der Waals surface area contributed by atoms with Crippen LogP contribution in [0.1, 0.15) is 43.9 Å². The average molecular weight is 356 g/mol. The smallest absolute Gasteiger partial charge is 0.226 e. The lowest BCUT2D eigenvalue weighted by molar-refractivity contribution is -0.121. The third kappa shape index (κ3) is 3.93. The second kappa shape index (κ2) is 7.26. The van der Waals surface area contributed by atoms with Gasteiger partial charge in [-0.25, -0.2) is 4.98 Å². The quantitative estimate of drug-likeness (QED) is 0.865. The first-order valence-electron chi connectivity index (χ1n) is 9.28. The Balaban J connectivity index is 1.34. The summed E-state index contributed by atoms with van der Waals surface area (Å²) in [5.41, 5.74) is 3.33. The molecule has 2 unspecified atom stereocenters. The van der Waals surface area contributed by atoms with Crippen molar-refractivity contribution < 1.29 is 4.79 Å². The molecule has 0 aliphatic carbocycles. The summed E-state index contributed by atoms with van der Waals surface area (Å²) in [6.45, 7) is 2.16. The van der Waals surface area contributed by atoms with Crippen LogP contribution in [0.3, 0.4) is 0 Å². The van der Waals surface area contributed by atoms with Gasteiger partial charge in [-0.3, -0.25) is 4.79 Å². The van der Waals surface area contributed by atoms with Gasteiger partial charge in [0.2, 0.25) is 5.91 Å². The molecule has 2 N–H and O–H groups in total. The summed E-state index contributed by atoms with van der Waals surface area (Å²) >= 11 is 1.61. The minimum Gasteiger partial charge on any atom is -0.353 e. The van der Waals surface area contributed by atoms with Gasteiger partial charge in [0.25, 0.3) is 0 Å². The third-order valence-electron chi connectivity index (χ3n) is 5.34. The van der Waals surface area contributed by atoms with E-state index in [0.717, 1.165) is 35.5 Å².